The van der Waals surface area contributed by atoms with Crippen LogP contribution in [0.4, 0.5) is 14.9 Å². The van der Waals surface area contributed by atoms with Gasteiger partial charge in [0.05, 0.1) is 30.5 Å². The van der Waals surface area contributed by atoms with E-state index in [4.69, 9.17) is 25.8 Å². The largest absolute Gasteiger partial charge is 0.493 e. The molecule has 2 aromatic carbocycles. The summed E-state index contributed by atoms with van der Waals surface area (Å²) in [7, 11) is 2.75. The smallest absolute Gasteiger partial charge is 0.338 e. The van der Waals surface area contributed by atoms with Crippen LogP contribution in [0.25, 0.3) is 0 Å². The molecule has 148 valence electrons. The van der Waals surface area contributed by atoms with E-state index in [1.54, 1.807) is 0 Å². The van der Waals surface area contributed by atoms with Crippen LogP contribution in [0.5, 0.6) is 11.5 Å². The molecule has 2 aromatic rings. The molecule has 0 aliphatic carbocycles. The lowest BCUT2D eigenvalue weighted by molar-refractivity contribution is -0.123. The Labute approximate surface area is 164 Å². The average Bonchev–Trinajstić information content (AvgIpc) is 2.67. The SMILES string of the molecule is COc1cc(C(=O)OCC(=O)NC(=O)Nc2ccccc2F)cc(Cl)c1OC. The number of amides is 3. The topological polar surface area (TPSA) is 103 Å². The fraction of sp³-hybridized carbons (Fsp3) is 0.167. The van der Waals surface area contributed by atoms with E-state index < -0.39 is 30.3 Å². The number of rotatable bonds is 6. The Hall–Kier alpha value is -3.33. The fourth-order valence-corrected chi connectivity index (χ4v) is 2.42. The number of anilines is 1. The second-order valence-corrected chi connectivity index (χ2v) is 5.66. The first-order valence-electron chi connectivity index (χ1n) is 7.79. The number of benzene rings is 2. The summed E-state index contributed by atoms with van der Waals surface area (Å²) in [5.41, 5.74) is -0.0870. The van der Waals surface area contributed by atoms with Crippen LogP contribution in [0.1, 0.15) is 10.4 Å². The number of para-hydroxylation sites is 1. The molecule has 0 radical (unpaired) electrons. The Balaban J connectivity index is 1.92. The summed E-state index contributed by atoms with van der Waals surface area (Å²) in [5, 5.41) is 4.19. The third kappa shape index (κ3) is 5.34. The number of methoxy groups -OCH3 is 2. The number of carbonyl (C=O) groups is 3. The third-order valence-electron chi connectivity index (χ3n) is 3.38. The molecule has 0 heterocycles. The Morgan fingerprint density at radius 1 is 1.11 bits per heavy atom. The molecule has 0 bridgehead atoms. The number of esters is 1. The van der Waals surface area contributed by atoms with Gasteiger partial charge in [0.2, 0.25) is 0 Å². The second-order valence-electron chi connectivity index (χ2n) is 5.25. The standard InChI is InChI=1S/C18H16ClFN2O6/c1-26-14-8-10(7-11(19)16(14)27-2)17(24)28-9-15(23)22-18(25)21-13-6-4-3-5-12(13)20/h3-8H,9H2,1-2H3,(H2,21,22,23,25). The van der Waals surface area contributed by atoms with Crippen molar-refractivity contribution < 1.29 is 33.0 Å². The van der Waals surface area contributed by atoms with Crippen LogP contribution >= 0.6 is 11.6 Å². The van der Waals surface area contributed by atoms with Crippen molar-refractivity contribution in [1.82, 2.24) is 5.32 Å². The molecule has 3 amide bonds. The van der Waals surface area contributed by atoms with Gasteiger partial charge in [-0.1, -0.05) is 23.7 Å². The van der Waals surface area contributed by atoms with E-state index in [0.717, 1.165) is 6.07 Å². The van der Waals surface area contributed by atoms with Crippen LogP contribution in [0, 0.1) is 5.82 Å². The van der Waals surface area contributed by atoms with E-state index in [1.807, 2.05) is 5.32 Å². The van der Waals surface area contributed by atoms with E-state index in [0.29, 0.717) is 0 Å². The van der Waals surface area contributed by atoms with Crippen LogP contribution in [-0.2, 0) is 9.53 Å². The molecule has 2 rings (SSSR count). The van der Waals surface area contributed by atoms with Gasteiger partial charge in [-0.15, -0.1) is 0 Å². The zero-order valence-corrected chi connectivity index (χ0v) is 15.6. The third-order valence-corrected chi connectivity index (χ3v) is 3.66. The summed E-state index contributed by atoms with van der Waals surface area (Å²) < 4.78 is 28.4. The molecular weight excluding hydrogens is 395 g/mol. The first-order valence-corrected chi connectivity index (χ1v) is 8.17. The maximum atomic E-state index is 13.5. The maximum absolute atomic E-state index is 13.5. The van der Waals surface area contributed by atoms with Gasteiger partial charge < -0.3 is 19.5 Å². The number of ether oxygens (including phenoxy) is 3. The average molecular weight is 411 g/mol. The molecule has 0 spiro atoms. The van der Waals surface area contributed by atoms with E-state index in [-0.39, 0.29) is 27.8 Å². The molecule has 0 aliphatic rings. The van der Waals surface area contributed by atoms with Crippen LogP contribution in [-0.4, -0.2) is 38.7 Å². The van der Waals surface area contributed by atoms with Crippen molar-refractivity contribution in [3.63, 3.8) is 0 Å². The van der Waals surface area contributed by atoms with Gasteiger partial charge in [0.1, 0.15) is 5.82 Å². The van der Waals surface area contributed by atoms with Gasteiger partial charge in [-0.2, -0.15) is 0 Å². The number of nitrogens with one attached hydrogen (secondary N) is 2. The van der Waals surface area contributed by atoms with E-state index in [9.17, 15) is 18.8 Å². The summed E-state index contributed by atoms with van der Waals surface area (Å²) >= 11 is 6.00. The van der Waals surface area contributed by atoms with Crippen molar-refractivity contribution in [2.45, 2.75) is 0 Å². The van der Waals surface area contributed by atoms with E-state index >= 15 is 0 Å². The molecule has 10 heteroatoms. The Morgan fingerprint density at radius 3 is 2.46 bits per heavy atom. The monoisotopic (exact) mass is 410 g/mol. The van der Waals surface area contributed by atoms with Gasteiger partial charge in [0.25, 0.3) is 5.91 Å². The highest BCUT2D eigenvalue weighted by Crippen LogP contribution is 2.36. The first-order chi connectivity index (χ1) is 13.3. The van der Waals surface area contributed by atoms with Gasteiger partial charge in [0.15, 0.2) is 18.1 Å². The summed E-state index contributed by atoms with van der Waals surface area (Å²) in [4.78, 5) is 35.5. The highest BCUT2D eigenvalue weighted by Gasteiger charge is 2.18. The number of urea groups is 1. The van der Waals surface area contributed by atoms with Crippen LogP contribution in [0.2, 0.25) is 5.02 Å². The molecule has 0 aliphatic heterocycles. The summed E-state index contributed by atoms with van der Waals surface area (Å²) in [6, 6.07) is 7.07. The second kappa shape index (κ2) is 9.56. The number of halogens is 2. The lowest BCUT2D eigenvalue weighted by Gasteiger charge is -2.11. The number of imide groups is 1. The van der Waals surface area contributed by atoms with Gasteiger partial charge in [-0.05, 0) is 24.3 Å². The normalized spacial score (nSPS) is 10.0. The molecule has 8 nitrogen and oxygen atoms in total. The Morgan fingerprint density at radius 2 is 1.82 bits per heavy atom. The highest BCUT2D eigenvalue weighted by molar-refractivity contribution is 6.32. The van der Waals surface area contributed by atoms with Crippen molar-refractivity contribution in [3.05, 3.63) is 52.8 Å². The van der Waals surface area contributed by atoms with Gasteiger partial charge >= 0.3 is 12.0 Å². The predicted octanol–water partition coefficient (Wildman–Crippen LogP) is 3.00. The van der Waals surface area contributed by atoms with E-state index in [2.05, 4.69) is 5.32 Å². The van der Waals surface area contributed by atoms with Crippen LogP contribution < -0.4 is 20.1 Å². The quantitative estimate of drug-likeness (QED) is 0.710. The molecule has 0 saturated carbocycles. The minimum absolute atomic E-state index is 0.0197. The zero-order chi connectivity index (χ0) is 20.7. The molecule has 0 saturated heterocycles. The zero-order valence-electron chi connectivity index (χ0n) is 14.9. The molecule has 2 N–H and O–H groups in total. The summed E-state index contributed by atoms with van der Waals surface area (Å²) in [6.07, 6.45) is 0. The lowest BCUT2D eigenvalue weighted by Crippen LogP contribution is -2.37. The molecule has 0 aromatic heterocycles. The highest BCUT2D eigenvalue weighted by atomic mass is 35.5. The lowest BCUT2D eigenvalue weighted by atomic mass is 10.2. The Kier molecular flexibility index (Phi) is 7.16. The first kappa shape index (κ1) is 21.0. The van der Waals surface area contributed by atoms with Crippen molar-refractivity contribution in [3.8, 4) is 11.5 Å². The minimum Gasteiger partial charge on any atom is -0.493 e. The maximum Gasteiger partial charge on any atom is 0.338 e. The number of hydrogen-bond donors (Lipinski definition) is 2. The minimum atomic E-state index is -0.972. The van der Waals surface area contributed by atoms with Crippen molar-refractivity contribution >= 4 is 35.2 Å². The van der Waals surface area contributed by atoms with Gasteiger partial charge in [-0.25, -0.2) is 14.0 Å². The molecule has 0 unspecified atom stereocenters. The summed E-state index contributed by atoms with van der Waals surface area (Å²) in [6.45, 7) is -0.741. The van der Waals surface area contributed by atoms with Gasteiger partial charge in [-0.3, -0.25) is 10.1 Å². The molecule has 0 atom stereocenters. The molecular formula is C18H16ClFN2O6. The molecule has 28 heavy (non-hydrogen) atoms. The van der Waals surface area contributed by atoms with Crippen LogP contribution in [0.15, 0.2) is 36.4 Å². The number of carbonyl (C=O) groups excluding carboxylic acids is 3. The number of hydrogen-bond acceptors (Lipinski definition) is 6. The fourth-order valence-electron chi connectivity index (χ4n) is 2.13. The van der Waals surface area contributed by atoms with Crippen LogP contribution in [0.3, 0.4) is 0 Å². The van der Waals surface area contributed by atoms with Crippen molar-refractivity contribution in [1.29, 1.82) is 0 Å². The van der Waals surface area contributed by atoms with Crippen molar-refractivity contribution in [2.24, 2.45) is 0 Å². The molecule has 0 fully saturated rings. The Bertz CT molecular complexity index is 906. The predicted molar refractivity (Wildman–Crippen MR) is 98.4 cm³/mol. The van der Waals surface area contributed by atoms with Crippen molar-refractivity contribution in [2.75, 3.05) is 26.1 Å². The summed E-state index contributed by atoms with van der Waals surface area (Å²) in [5.74, 6) is -2.00. The van der Waals surface area contributed by atoms with E-state index in [1.165, 1.54) is 44.6 Å². The van der Waals surface area contributed by atoms with Gasteiger partial charge in [0, 0.05) is 0 Å².